The van der Waals surface area contributed by atoms with E-state index in [0.29, 0.717) is 16.5 Å². The molecule has 1 aromatic heterocycles. The highest BCUT2D eigenvalue weighted by molar-refractivity contribution is 7.13. The second kappa shape index (κ2) is 5.73. The summed E-state index contributed by atoms with van der Waals surface area (Å²) in [4.78, 5) is 14.6. The highest BCUT2D eigenvalue weighted by atomic mass is 35.5. The van der Waals surface area contributed by atoms with Crippen LogP contribution in [0.15, 0.2) is 17.5 Å². The molecule has 0 bridgehead atoms. The molecule has 0 fully saturated rings. The number of nitrogens with zero attached hydrogens (tertiary/aromatic N) is 1. The standard InChI is InChI=1S/C11H7Cl2FN2O2S/c12-7-1-5(14)2-8(13)10(7)16-11-15-6(4-19-11)3-9(17)18/h1-2,4H,3H2,(H,15,16)(H,17,18). The van der Waals surface area contributed by atoms with Crippen LogP contribution in [0.1, 0.15) is 5.69 Å². The van der Waals surface area contributed by atoms with Crippen LogP contribution in [0.25, 0.3) is 0 Å². The number of aliphatic carboxylic acids is 1. The number of thiazole rings is 1. The van der Waals surface area contributed by atoms with Crippen molar-refractivity contribution in [1.29, 1.82) is 0 Å². The van der Waals surface area contributed by atoms with Crippen molar-refractivity contribution in [3.8, 4) is 0 Å². The molecule has 0 aliphatic carbocycles. The number of halogens is 3. The van der Waals surface area contributed by atoms with Gasteiger partial charge in [0.05, 0.1) is 27.8 Å². The van der Waals surface area contributed by atoms with E-state index in [9.17, 15) is 9.18 Å². The number of benzene rings is 1. The maximum Gasteiger partial charge on any atom is 0.309 e. The third-order valence-corrected chi connectivity index (χ3v) is 3.53. The lowest BCUT2D eigenvalue weighted by molar-refractivity contribution is -0.136. The zero-order chi connectivity index (χ0) is 14.0. The summed E-state index contributed by atoms with van der Waals surface area (Å²) in [5, 5.41) is 13.8. The van der Waals surface area contributed by atoms with Gasteiger partial charge in [-0.3, -0.25) is 4.79 Å². The Balaban J connectivity index is 2.22. The van der Waals surface area contributed by atoms with Gasteiger partial charge in [-0.15, -0.1) is 11.3 Å². The van der Waals surface area contributed by atoms with E-state index in [0.717, 1.165) is 12.1 Å². The molecule has 2 aromatic rings. The molecule has 100 valence electrons. The first-order valence-electron chi connectivity index (χ1n) is 5.03. The lowest BCUT2D eigenvalue weighted by Crippen LogP contribution is -2.00. The molecule has 0 saturated carbocycles. The minimum absolute atomic E-state index is 0.125. The van der Waals surface area contributed by atoms with Crippen LogP contribution in [0.3, 0.4) is 0 Å². The lowest BCUT2D eigenvalue weighted by atomic mass is 10.3. The Morgan fingerprint density at radius 1 is 1.42 bits per heavy atom. The molecule has 4 nitrogen and oxygen atoms in total. The minimum Gasteiger partial charge on any atom is -0.481 e. The fourth-order valence-corrected chi connectivity index (χ4v) is 2.64. The Morgan fingerprint density at radius 3 is 2.63 bits per heavy atom. The first-order chi connectivity index (χ1) is 8.95. The summed E-state index contributed by atoms with van der Waals surface area (Å²) >= 11 is 13.0. The van der Waals surface area contributed by atoms with Gasteiger partial charge in [-0.2, -0.15) is 0 Å². The Morgan fingerprint density at radius 2 is 2.05 bits per heavy atom. The van der Waals surface area contributed by atoms with Crippen LogP contribution in [-0.2, 0) is 11.2 Å². The molecule has 0 saturated heterocycles. The van der Waals surface area contributed by atoms with Crippen LogP contribution >= 0.6 is 34.5 Å². The maximum atomic E-state index is 13.0. The monoisotopic (exact) mass is 320 g/mol. The lowest BCUT2D eigenvalue weighted by Gasteiger charge is -2.07. The zero-order valence-electron chi connectivity index (χ0n) is 9.28. The van der Waals surface area contributed by atoms with Crippen LogP contribution < -0.4 is 5.32 Å². The first kappa shape index (κ1) is 14.0. The smallest absolute Gasteiger partial charge is 0.309 e. The Hall–Kier alpha value is -1.37. The predicted octanol–water partition coefficient (Wildman–Crippen LogP) is 3.96. The van der Waals surface area contributed by atoms with Gasteiger partial charge in [0.25, 0.3) is 0 Å². The molecule has 0 amide bonds. The summed E-state index contributed by atoms with van der Waals surface area (Å²) in [6, 6.07) is 2.25. The van der Waals surface area contributed by atoms with E-state index in [4.69, 9.17) is 28.3 Å². The second-order valence-electron chi connectivity index (χ2n) is 3.58. The second-order valence-corrected chi connectivity index (χ2v) is 5.26. The van der Waals surface area contributed by atoms with Crippen molar-refractivity contribution in [2.75, 3.05) is 5.32 Å². The van der Waals surface area contributed by atoms with Gasteiger partial charge < -0.3 is 10.4 Å². The van der Waals surface area contributed by atoms with Crippen LogP contribution in [0, 0.1) is 5.82 Å². The number of hydrogen-bond acceptors (Lipinski definition) is 4. The largest absolute Gasteiger partial charge is 0.481 e. The fraction of sp³-hybridized carbons (Fsp3) is 0.0909. The molecule has 2 rings (SSSR count). The SMILES string of the molecule is O=C(O)Cc1csc(Nc2c(Cl)cc(F)cc2Cl)n1. The van der Waals surface area contributed by atoms with Crippen molar-refractivity contribution in [3.63, 3.8) is 0 Å². The molecular weight excluding hydrogens is 314 g/mol. The highest BCUT2D eigenvalue weighted by Crippen LogP contribution is 2.34. The van der Waals surface area contributed by atoms with Crippen molar-refractivity contribution < 1.29 is 14.3 Å². The average Bonchev–Trinajstić information content (AvgIpc) is 2.70. The summed E-state index contributed by atoms with van der Waals surface area (Å²) in [5.74, 6) is -1.50. The fourth-order valence-electron chi connectivity index (χ4n) is 1.37. The molecule has 2 N–H and O–H groups in total. The van der Waals surface area contributed by atoms with Crippen molar-refractivity contribution in [2.45, 2.75) is 6.42 Å². The maximum absolute atomic E-state index is 13.0. The summed E-state index contributed by atoms with van der Waals surface area (Å²) in [5.41, 5.74) is 0.760. The van der Waals surface area contributed by atoms with Crippen LogP contribution in [0.5, 0.6) is 0 Å². The van der Waals surface area contributed by atoms with Gasteiger partial charge in [-0.1, -0.05) is 23.2 Å². The van der Waals surface area contributed by atoms with Crippen LogP contribution in [-0.4, -0.2) is 16.1 Å². The van der Waals surface area contributed by atoms with Crippen LogP contribution in [0.4, 0.5) is 15.2 Å². The van der Waals surface area contributed by atoms with Gasteiger partial charge in [-0.25, -0.2) is 9.37 Å². The van der Waals surface area contributed by atoms with Crippen molar-refractivity contribution in [3.05, 3.63) is 39.1 Å². The van der Waals surface area contributed by atoms with Crippen molar-refractivity contribution >= 4 is 51.3 Å². The summed E-state index contributed by atoms with van der Waals surface area (Å²) < 4.78 is 13.0. The molecule has 1 heterocycles. The van der Waals surface area contributed by atoms with Gasteiger partial charge >= 0.3 is 5.97 Å². The van der Waals surface area contributed by atoms with E-state index in [1.807, 2.05) is 0 Å². The number of carbonyl (C=O) groups is 1. The van der Waals surface area contributed by atoms with Crippen molar-refractivity contribution in [1.82, 2.24) is 4.98 Å². The third-order valence-electron chi connectivity index (χ3n) is 2.12. The molecule has 19 heavy (non-hydrogen) atoms. The van der Waals surface area contributed by atoms with Gasteiger partial charge in [-0.05, 0) is 12.1 Å². The van der Waals surface area contributed by atoms with E-state index < -0.39 is 11.8 Å². The number of aromatic nitrogens is 1. The Labute approximate surface area is 121 Å². The molecule has 0 radical (unpaired) electrons. The normalized spacial score (nSPS) is 10.5. The molecule has 8 heteroatoms. The molecule has 0 aliphatic rings. The number of rotatable bonds is 4. The van der Waals surface area contributed by atoms with Crippen LogP contribution in [0.2, 0.25) is 10.0 Å². The van der Waals surface area contributed by atoms with Gasteiger partial charge in [0.1, 0.15) is 5.82 Å². The molecule has 0 spiro atoms. The topological polar surface area (TPSA) is 62.2 Å². The third kappa shape index (κ3) is 3.56. The van der Waals surface area contributed by atoms with E-state index in [1.165, 1.54) is 11.3 Å². The number of nitrogens with one attached hydrogen (secondary N) is 1. The van der Waals surface area contributed by atoms with Gasteiger partial charge in [0.2, 0.25) is 0 Å². The molecule has 0 aliphatic heterocycles. The van der Waals surface area contributed by atoms with Gasteiger partial charge in [0, 0.05) is 5.38 Å². The number of anilines is 2. The molecule has 0 unspecified atom stereocenters. The Bertz CT molecular complexity index is 610. The summed E-state index contributed by atoms with van der Waals surface area (Å²) in [6.07, 6.45) is -0.164. The molecule has 1 aromatic carbocycles. The predicted molar refractivity (Wildman–Crippen MR) is 73.2 cm³/mol. The first-order valence-corrected chi connectivity index (χ1v) is 6.67. The van der Waals surface area contributed by atoms with E-state index in [1.54, 1.807) is 5.38 Å². The van der Waals surface area contributed by atoms with E-state index in [-0.39, 0.29) is 16.5 Å². The zero-order valence-corrected chi connectivity index (χ0v) is 11.6. The van der Waals surface area contributed by atoms with E-state index >= 15 is 0 Å². The average molecular weight is 321 g/mol. The molecule has 0 atom stereocenters. The van der Waals surface area contributed by atoms with Gasteiger partial charge in [0.15, 0.2) is 5.13 Å². The summed E-state index contributed by atoms with van der Waals surface area (Å²) in [6.45, 7) is 0. The number of carboxylic acids is 1. The van der Waals surface area contributed by atoms with E-state index in [2.05, 4.69) is 10.3 Å². The Kier molecular flexibility index (Phi) is 4.24. The quantitative estimate of drug-likeness (QED) is 0.895. The minimum atomic E-state index is -0.963. The van der Waals surface area contributed by atoms with Crippen molar-refractivity contribution in [2.24, 2.45) is 0 Å². The summed E-state index contributed by atoms with van der Waals surface area (Å²) in [7, 11) is 0. The highest BCUT2D eigenvalue weighted by Gasteiger charge is 2.11. The number of carboxylic acid groups (broad SMARTS) is 1. The molecular formula is C11H7Cl2FN2O2S. The number of hydrogen-bond donors (Lipinski definition) is 2.